The van der Waals surface area contributed by atoms with Gasteiger partial charge in [0.1, 0.15) is 6.04 Å². The van der Waals surface area contributed by atoms with Gasteiger partial charge in [-0.1, -0.05) is 12.1 Å². The zero-order valence-electron chi connectivity index (χ0n) is 8.45. The molecule has 3 nitrogen and oxygen atoms in total. The first-order valence-corrected chi connectivity index (χ1v) is 5.63. The van der Waals surface area contributed by atoms with Crippen LogP contribution in [-0.2, 0) is 4.74 Å². The molecule has 1 aliphatic heterocycles. The van der Waals surface area contributed by atoms with Gasteiger partial charge < -0.3 is 10.1 Å². The second kappa shape index (κ2) is 5.34. The molecule has 94 valence electrons. The molecule has 1 atom stereocenters. The molecule has 0 spiro atoms. The van der Waals surface area contributed by atoms with Crippen LogP contribution in [0.2, 0.25) is 0 Å². The quantitative estimate of drug-likeness (QED) is 0.766. The lowest BCUT2D eigenvalue weighted by Crippen LogP contribution is -2.49. The lowest BCUT2D eigenvalue weighted by atomic mass is 10.0. The number of ether oxygens (including phenoxy) is 1. The minimum absolute atomic E-state index is 0. The van der Waals surface area contributed by atoms with Crippen molar-refractivity contribution in [1.29, 1.82) is 0 Å². The van der Waals surface area contributed by atoms with Crippen molar-refractivity contribution in [3.8, 4) is 0 Å². The van der Waals surface area contributed by atoms with Crippen LogP contribution in [0.15, 0.2) is 24.3 Å². The molecule has 1 amide bonds. The lowest BCUT2D eigenvalue weighted by Gasteiger charge is -2.31. The van der Waals surface area contributed by atoms with E-state index in [-0.39, 0.29) is 12.4 Å². The Bertz CT molecular complexity index is 413. The summed E-state index contributed by atoms with van der Waals surface area (Å²) in [5.74, 6) is -3.08. The van der Waals surface area contributed by atoms with Crippen LogP contribution in [0.4, 0.5) is 13.6 Å². The summed E-state index contributed by atoms with van der Waals surface area (Å²) < 4.78 is 32.2. The summed E-state index contributed by atoms with van der Waals surface area (Å²) >= 11 is 2.08. The third-order valence-electron chi connectivity index (χ3n) is 2.28. The van der Waals surface area contributed by atoms with Crippen LogP contribution in [-0.4, -0.2) is 18.6 Å². The minimum Gasteiger partial charge on any atom is -0.443 e. The molecule has 1 aliphatic rings. The molecule has 0 bridgehead atoms. The molecule has 0 radical (unpaired) electrons. The predicted molar refractivity (Wildman–Crippen MR) is 68.6 cm³/mol. The van der Waals surface area contributed by atoms with E-state index in [4.69, 9.17) is 0 Å². The SMILES string of the molecule is Cl.O=C1N[C@@H](c2ccc(I)cc2)C(F)(F)CO1. The predicted octanol–water partition coefficient (Wildman–Crippen LogP) is 3.13. The Morgan fingerprint density at radius 1 is 1.35 bits per heavy atom. The Hall–Kier alpha value is -0.630. The lowest BCUT2D eigenvalue weighted by molar-refractivity contribution is -0.104. The molecule has 1 heterocycles. The number of hydrogen-bond donors (Lipinski definition) is 1. The van der Waals surface area contributed by atoms with Gasteiger partial charge in [-0.05, 0) is 40.3 Å². The molecule has 0 aromatic heterocycles. The monoisotopic (exact) mass is 375 g/mol. The van der Waals surface area contributed by atoms with Gasteiger partial charge in [0.05, 0.1) is 0 Å². The maximum Gasteiger partial charge on any atom is 0.408 e. The summed E-state index contributed by atoms with van der Waals surface area (Å²) in [5, 5.41) is 2.13. The van der Waals surface area contributed by atoms with Crippen LogP contribution in [0.1, 0.15) is 11.6 Å². The second-order valence-corrected chi connectivity index (χ2v) is 4.71. The number of hydrogen-bond acceptors (Lipinski definition) is 2. The van der Waals surface area contributed by atoms with Gasteiger partial charge in [-0.15, -0.1) is 12.4 Å². The molecule has 1 N–H and O–H groups in total. The van der Waals surface area contributed by atoms with E-state index in [2.05, 4.69) is 32.6 Å². The number of carbonyl (C=O) groups excluding carboxylic acids is 1. The number of cyclic esters (lactones) is 1. The fourth-order valence-electron chi connectivity index (χ4n) is 1.49. The fraction of sp³-hybridized carbons (Fsp3) is 0.300. The van der Waals surface area contributed by atoms with Crippen LogP contribution in [0.25, 0.3) is 0 Å². The van der Waals surface area contributed by atoms with E-state index >= 15 is 0 Å². The van der Waals surface area contributed by atoms with Crippen molar-refractivity contribution < 1.29 is 18.3 Å². The third-order valence-corrected chi connectivity index (χ3v) is 3.00. The molecular weight excluding hydrogens is 366 g/mol. The average molecular weight is 376 g/mol. The Labute approximate surface area is 116 Å². The van der Waals surface area contributed by atoms with Crippen molar-refractivity contribution in [2.24, 2.45) is 0 Å². The normalized spacial score (nSPS) is 22.1. The van der Waals surface area contributed by atoms with E-state index in [0.717, 1.165) is 3.57 Å². The standard InChI is InChI=1S/C10H8F2INO2.ClH/c11-10(12)5-16-9(15)14-8(10)6-1-3-7(13)4-2-6;/h1-4,8H,5H2,(H,14,15);1H/t8-;/m0./s1. The van der Waals surface area contributed by atoms with Gasteiger partial charge in [-0.25, -0.2) is 13.6 Å². The van der Waals surface area contributed by atoms with E-state index in [9.17, 15) is 13.6 Å². The van der Waals surface area contributed by atoms with Crippen molar-refractivity contribution in [2.75, 3.05) is 6.61 Å². The molecule has 1 saturated heterocycles. The van der Waals surface area contributed by atoms with Crippen LogP contribution < -0.4 is 5.32 Å². The highest BCUT2D eigenvalue weighted by molar-refractivity contribution is 14.1. The van der Waals surface area contributed by atoms with Gasteiger partial charge in [0.25, 0.3) is 0 Å². The van der Waals surface area contributed by atoms with Crippen molar-refractivity contribution in [1.82, 2.24) is 5.32 Å². The number of benzene rings is 1. The first-order chi connectivity index (χ1) is 7.49. The maximum atomic E-state index is 13.5. The van der Waals surface area contributed by atoms with Gasteiger partial charge in [0.2, 0.25) is 0 Å². The smallest absolute Gasteiger partial charge is 0.408 e. The number of amides is 1. The van der Waals surface area contributed by atoms with E-state index in [1.807, 2.05) is 0 Å². The average Bonchev–Trinajstić information content (AvgIpc) is 2.23. The molecular formula is C10H9ClF2INO2. The molecule has 0 unspecified atom stereocenters. The summed E-state index contributed by atoms with van der Waals surface area (Å²) in [6.07, 6.45) is -0.811. The van der Waals surface area contributed by atoms with Crippen LogP contribution in [0, 0.1) is 3.57 Å². The Kier molecular flexibility index (Phi) is 4.54. The fourth-order valence-corrected chi connectivity index (χ4v) is 1.85. The second-order valence-electron chi connectivity index (χ2n) is 3.47. The van der Waals surface area contributed by atoms with Gasteiger partial charge >= 0.3 is 12.0 Å². The zero-order chi connectivity index (χ0) is 11.8. The van der Waals surface area contributed by atoms with Crippen molar-refractivity contribution >= 4 is 41.1 Å². The summed E-state index contributed by atoms with van der Waals surface area (Å²) in [6.45, 7) is -0.879. The van der Waals surface area contributed by atoms with E-state index < -0.39 is 24.7 Å². The number of alkyl carbamates (subject to hydrolysis) is 1. The highest BCUT2D eigenvalue weighted by atomic mass is 127. The summed E-state index contributed by atoms with van der Waals surface area (Å²) in [4.78, 5) is 10.9. The van der Waals surface area contributed by atoms with Gasteiger partial charge in [-0.2, -0.15) is 0 Å². The van der Waals surface area contributed by atoms with Crippen molar-refractivity contribution in [3.05, 3.63) is 33.4 Å². The van der Waals surface area contributed by atoms with Gasteiger partial charge in [-0.3, -0.25) is 0 Å². The Balaban J connectivity index is 0.00000144. The van der Waals surface area contributed by atoms with E-state index in [1.54, 1.807) is 24.3 Å². The molecule has 1 aromatic rings. The summed E-state index contributed by atoms with van der Waals surface area (Å²) in [5.41, 5.74) is 0.377. The summed E-state index contributed by atoms with van der Waals surface area (Å²) in [6, 6.07) is 5.27. The molecule has 2 rings (SSSR count). The Morgan fingerprint density at radius 3 is 2.53 bits per heavy atom. The van der Waals surface area contributed by atoms with Gasteiger partial charge in [0.15, 0.2) is 6.61 Å². The molecule has 17 heavy (non-hydrogen) atoms. The molecule has 1 fully saturated rings. The highest BCUT2D eigenvalue weighted by Gasteiger charge is 2.46. The molecule has 1 aromatic carbocycles. The largest absolute Gasteiger partial charge is 0.443 e. The number of halogens is 4. The first-order valence-electron chi connectivity index (χ1n) is 4.55. The summed E-state index contributed by atoms with van der Waals surface area (Å²) in [7, 11) is 0. The minimum atomic E-state index is -3.08. The Morgan fingerprint density at radius 2 is 1.94 bits per heavy atom. The number of alkyl halides is 2. The number of carbonyl (C=O) groups is 1. The third kappa shape index (κ3) is 3.19. The first kappa shape index (κ1) is 14.4. The maximum absolute atomic E-state index is 13.5. The topological polar surface area (TPSA) is 38.3 Å². The number of rotatable bonds is 1. The van der Waals surface area contributed by atoms with Crippen molar-refractivity contribution in [2.45, 2.75) is 12.0 Å². The number of nitrogens with one attached hydrogen (secondary N) is 1. The van der Waals surface area contributed by atoms with Crippen molar-refractivity contribution in [3.63, 3.8) is 0 Å². The molecule has 0 aliphatic carbocycles. The highest BCUT2D eigenvalue weighted by Crippen LogP contribution is 2.34. The molecule has 7 heteroatoms. The van der Waals surface area contributed by atoms with E-state index in [1.165, 1.54) is 0 Å². The van der Waals surface area contributed by atoms with Crippen LogP contribution in [0.3, 0.4) is 0 Å². The van der Waals surface area contributed by atoms with E-state index in [0.29, 0.717) is 5.56 Å². The zero-order valence-corrected chi connectivity index (χ0v) is 11.4. The van der Waals surface area contributed by atoms with Gasteiger partial charge in [0, 0.05) is 3.57 Å². The molecule has 0 saturated carbocycles. The van der Waals surface area contributed by atoms with Crippen LogP contribution in [0.5, 0.6) is 0 Å². The van der Waals surface area contributed by atoms with Crippen LogP contribution >= 0.6 is 35.0 Å².